The number of amides is 1. The van der Waals surface area contributed by atoms with Crippen molar-refractivity contribution in [3.8, 4) is 0 Å². The fourth-order valence-corrected chi connectivity index (χ4v) is 3.89. The molecule has 1 aliphatic rings. The van der Waals surface area contributed by atoms with Crippen LogP contribution < -0.4 is 5.32 Å². The second-order valence-corrected chi connectivity index (χ2v) is 6.79. The van der Waals surface area contributed by atoms with Gasteiger partial charge in [-0.15, -0.1) is 0 Å². The third-order valence-electron chi connectivity index (χ3n) is 5.05. The summed E-state index contributed by atoms with van der Waals surface area (Å²) in [5.74, 6) is -0.806. The minimum absolute atomic E-state index is 0.0102. The molecular formula is C20H26N2O4. The number of nitrogens with zero attached hydrogens (tertiary/aromatic N) is 1. The van der Waals surface area contributed by atoms with Crippen LogP contribution in [-0.2, 0) is 22.4 Å². The number of hydrogen-bond acceptors (Lipinski definition) is 3. The molecule has 1 heterocycles. The van der Waals surface area contributed by atoms with Gasteiger partial charge in [0.05, 0.1) is 6.61 Å². The first-order valence-electron chi connectivity index (χ1n) is 9.33. The van der Waals surface area contributed by atoms with Crippen molar-refractivity contribution in [3.05, 3.63) is 35.5 Å². The lowest BCUT2D eigenvalue weighted by molar-refractivity contribution is -0.140. The van der Waals surface area contributed by atoms with Crippen molar-refractivity contribution < 1.29 is 19.4 Å². The average Bonchev–Trinajstić information content (AvgIpc) is 2.95. The molecule has 26 heavy (non-hydrogen) atoms. The van der Waals surface area contributed by atoms with Crippen molar-refractivity contribution in [2.24, 2.45) is 0 Å². The normalized spacial score (nSPS) is 17.5. The van der Waals surface area contributed by atoms with E-state index in [0.717, 1.165) is 41.4 Å². The predicted octanol–water partition coefficient (Wildman–Crippen LogP) is 3.67. The topological polar surface area (TPSA) is 80.6 Å². The smallest absolute Gasteiger partial charge is 0.407 e. The molecule has 6 heteroatoms. The maximum absolute atomic E-state index is 11.9. The Morgan fingerprint density at radius 2 is 2.12 bits per heavy atom. The number of aromatic nitrogens is 1. The molecular weight excluding hydrogens is 332 g/mol. The molecule has 2 unspecified atom stereocenters. The highest BCUT2D eigenvalue weighted by Crippen LogP contribution is 2.35. The molecule has 3 rings (SSSR count). The Kier molecular flexibility index (Phi) is 5.49. The second kappa shape index (κ2) is 7.81. The SMILES string of the molecule is CCCOC(=O)NC1CCc2c(c3ccccc3n2C(CC)C(=O)O)C1. The number of carbonyl (C=O) groups excluding carboxylic acids is 1. The summed E-state index contributed by atoms with van der Waals surface area (Å²) in [5.41, 5.74) is 3.19. The van der Waals surface area contributed by atoms with E-state index in [9.17, 15) is 14.7 Å². The highest BCUT2D eigenvalue weighted by molar-refractivity contribution is 5.88. The lowest BCUT2D eigenvalue weighted by atomic mass is 9.91. The molecule has 0 saturated heterocycles. The zero-order valence-corrected chi connectivity index (χ0v) is 15.3. The van der Waals surface area contributed by atoms with E-state index in [1.165, 1.54) is 0 Å². The van der Waals surface area contributed by atoms with Crippen LogP contribution in [0, 0.1) is 0 Å². The van der Waals surface area contributed by atoms with Crippen LogP contribution in [0.15, 0.2) is 24.3 Å². The number of nitrogens with one attached hydrogen (secondary N) is 1. The first-order valence-corrected chi connectivity index (χ1v) is 9.33. The fraction of sp³-hybridized carbons (Fsp3) is 0.500. The molecule has 2 aromatic rings. The van der Waals surface area contributed by atoms with Gasteiger partial charge in [-0.1, -0.05) is 32.0 Å². The van der Waals surface area contributed by atoms with E-state index in [1.807, 2.05) is 42.7 Å². The second-order valence-electron chi connectivity index (χ2n) is 6.79. The Balaban J connectivity index is 1.93. The number of carboxylic acids is 1. The Hall–Kier alpha value is -2.50. The maximum atomic E-state index is 11.9. The van der Waals surface area contributed by atoms with E-state index in [1.54, 1.807) is 0 Å². The first-order chi connectivity index (χ1) is 12.6. The summed E-state index contributed by atoms with van der Waals surface area (Å²) < 4.78 is 7.11. The van der Waals surface area contributed by atoms with Crippen LogP contribution in [0.1, 0.15) is 50.4 Å². The fourth-order valence-electron chi connectivity index (χ4n) is 3.89. The monoisotopic (exact) mass is 358 g/mol. The summed E-state index contributed by atoms with van der Waals surface area (Å²) in [6.07, 6.45) is 3.17. The van der Waals surface area contributed by atoms with Crippen molar-refractivity contribution in [1.82, 2.24) is 9.88 Å². The zero-order chi connectivity index (χ0) is 18.7. The van der Waals surface area contributed by atoms with Crippen molar-refractivity contribution in [1.29, 1.82) is 0 Å². The van der Waals surface area contributed by atoms with E-state index in [2.05, 4.69) is 5.32 Å². The van der Waals surface area contributed by atoms with Crippen molar-refractivity contribution in [2.75, 3.05) is 6.61 Å². The number of carboxylic acid groups (broad SMARTS) is 1. The van der Waals surface area contributed by atoms with Gasteiger partial charge in [-0.2, -0.15) is 0 Å². The quantitative estimate of drug-likeness (QED) is 0.826. The number of rotatable bonds is 6. The van der Waals surface area contributed by atoms with E-state index in [4.69, 9.17) is 4.74 Å². The van der Waals surface area contributed by atoms with Gasteiger partial charge in [-0.05, 0) is 43.7 Å². The van der Waals surface area contributed by atoms with E-state index in [-0.39, 0.29) is 12.1 Å². The maximum Gasteiger partial charge on any atom is 0.407 e. The van der Waals surface area contributed by atoms with Crippen molar-refractivity contribution in [2.45, 2.75) is 58.0 Å². The summed E-state index contributed by atoms with van der Waals surface area (Å²) in [6, 6.07) is 7.38. The number of alkyl carbamates (subject to hydrolysis) is 1. The van der Waals surface area contributed by atoms with Crippen LogP contribution in [0.4, 0.5) is 4.79 Å². The number of carbonyl (C=O) groups is 2. The zero-order valence-electron chi connectivity index (χ0n) is 15.3. The van der Waals surface area contributed by atoms with Crippen LogP contribution in [0.25, 0.3) is 10.9 Å². The van der Waals surface area contributed by atoms with E-state index < -0.39 is 12.0 Å². The number of para-hydroxylation sites is 1. The molecule has 1 aromatic heterocycles. The van der Waals surface area contributed by atoms with Gasteiger partial charge in [0, 0.05) is 22.6 Å². The van der Waals surface area contributed by atoms with Crippen molar-refractivity contribution >= 4 is 23.0 Å². The summed E-state index contributed by atoms with van der Waals surface area (Å²) in [4.78, 5) is 23.7. The summed E-state index contributed by atoms with van der Waals surface area (Å²) in [7, 11) is 0. The van der Waals surface area contributed by atoms with E-state index in [0.29, 0.717) is 19.4 Å². The van der Waals surface area contributed by atoms with Gasteiger partial charge in [-0.25, -0.2) is 9.59 Å². The van der Waals surface area contributed by atoms with Gasteiger partial charge < -0.3 is 19.7 Å². The van der Waals surface area contributed by atoms with Gasteiger partial charge in [-0.3, -0.25) is 0 Å². The predicted molar refractivity (Wildman–Crippen MR) is 99.5 cm³/mol. The van der Waals surface area contributed by atoms with Crippen LogP contribution >= 0.6 is 0 Å². The Labute approximate surface area is 153 Å². The van der Waals surface area contributed by atoms with Gasteiger partial charge in [0.2, 0.25) is 0 Å². The molecule has 0 radical (unpaired) electrons. The molecule has 1 aliphatic carbocycles. The van der Waals surface area contributed by atoms with Crippen LogP contribution in [0.5, 0.6) is 0 Å². The van der Waals surface area contributed by atoms with Crippen LogP contribution in [0.3, 0.4) is 0 Å². The molecule has 0 spiro atoms. The number of ether oxygens (including phenoxy) is 1. The molecule has 0 saturated carbocycles. The minimum Gasteiger partial charge on any atom is -0.480 e. The van der Waals surface area contributed by atoms with Crippen LogP contribution in [-0.4, -0.2) is 34.4 Å². The number of hydrogen-bond donors (Lipinski definition) is 2. The molecule has 140 valence electrons. The molecule has 6 nitrogen and oxygen atoms in total. The summed E-state index contributed by atoms with van der Waals surface area (Å²) in [5, 5.41) is 13.7. The number of benzene rings is 1. The van der Waals surface area contributed by atoms with Gasteiger partial charge in [0.1, 0.15) is 6.04 Å². The number of fused-ring (bicyclic) bond motifs is 3. The lowest BCUT2D eigenvalue weighted by Gasteiger charge is -2.26. The molecule has 0 fully saturated rings. The molecule has 0 bridgehead atoms. The van der Waals surface area contributed by atoms with Gasteiger partial charge in [0.15, 0.2) is 0 Å². The van der Waals surface area contributed by atoms with Gasteiger partial charge >= 0.3 is 12.1 Å². The molecule has 2 N–H and O–H groups in total. The minimum atomic E-state index is -0.806. The highest BCUT2D eigenvalue weighted by Gasteiger charge is 2.30. The van der Waals surface area contributed by atoms with Crippen LogP contribution in [0.2, 0.25) is 0 Å². The number of aliphatic carboxylic acids is 1. The Bertz CT molecular complexity index is 811. The standard InChI is InChI=1S/C20H26N2O4/c1-3-11-26-20(25)21-13-9-10-18-15(12-13)14-7-5-6-8-17(14)22(18)16(4-2)19(23)24/h5-8,13,16H,3-4,9-12H2,1-2H3,(H,21,25)(H,23,24). The molecule has 1 aromatic carbocycles. The third-order valence-corrected chi connectivity index (χ3v) is 5.05. The molecule has 0 aliphatic heterocycles. The first kappa shape index (κ1) is 18.3. The Morgan fingerprint density at radius 3 is 2.81 bits per heavy atom. The Morgan fingerprint density at radius 1 is 1.35 bits per heavy atom. The molecule has 2 atom stereocenters. The summed E-state index contributed by atoms with van der Waals surface area (Å²) >= 11 is 0. The van der Waals surface area contributed by atoms with Crippen molar-refractivity contribution in [3.63, 3.8) is 0 Å². The highest BCUT2D eigenvalue weighted by atomic mass is 16.5. The summed E-state index contributed by atoms with van der Waals surface area (Å²) in [6.45, 7) is 4.28. The van der Waals surface area contributed by atoms with Gasteiger partial charge in [0.25, 0.3) is 0 Å². The largest absolute Gasteiger partial charge is 0.480 e. The lowest BCUT2D eigenvalue weighted by Crippen LogP contribution is -2.39. The third kappa shape index (κ3) is 3.41. The average molecular weight is 358 g/mol. The molecule has 1 amide bonds. The van der Waals surface area contributed by atoms with E-state index >= 15 is 0 Å².